The molecule has 0 saturated carbocycles. The molecule has 1 unspecified atom stereocenters. The van der Waals surface area contributed by atoms with Gasteiger partial charge in [-0.3, -0.25) is 4.79 Å². The van der Waals surface area contributed by atoms with Gasteiger partial charge < -0.3 is 10.2 Å². The molecule has 1 aliphatic carbocycles. The number of carbonyl (C=O) groups excluding carboxylic acids is 1. The number of aryl methyl sites for hydroxylation is 2. The van der Waals surface area contributed by atoms with Crippen LogP contribution in [0.3, 0.4) is 0 Å². The highest BCUT2D eigenvalue weighted by Crippen LogP contribution is 2.25. The molecule has 1 atom stereocenters. The van der Waals surface area contributed by atoms with E-state index in [0.29, 0.717) is 0 Å². The molecule has 0 aromatic heterocycles. The highest BCUT2D eigenvalue weighted by molar-refractivity contribution is 5.97. The van der Waals surface area contributed by atoms with Crippen LogP contribution in [0.2, 0.25) is 0 Å². The lowest BCUT2D eigenvalue weighted by atomic mass is 9.89. The molecule has 0 aliphatic heterocycles. The van der Waals surface area contributed by atoms with E-state index >= 15 is 0 Å². The Hall–Kier alpha value is -3.06. The Morgan fingerprint density at radius 2 is 1.85 bits per heavy atom. The Morgan fingerprint density at radius 3 is 2.56 bits per heavy atom. The fourth-order valence-corrected chi connectivity index (χ4v) is 3.45. The first kappa shape index (κ1) is 18.7. The second-order valence-electron chi connectivity index (χ2n) is 7.03. The molecule has 4 nitrogen and oxygen atoms in total. The first-order valence-electron chi connectivity index (χ1n) is 9.41. The largest absolute Gasteiger partial charge is 0.350 e. The first-order chi connectivity index (χ1) is 13.1. The van der Waals surface area contributed by atoms with Gasteiger partial charge in [-0.1, -0.05) is 36.4 Å². The van der Waals surface area contributed by atoms with Crippen LogP contribution in [-0.2, 0) is 17.6 Å². The zero-order valence-electron chi connectivity index (χ0n) is 15.9. The van der Waals surface area contributed by atoms with Crippen molar-refractivity contribution in [2.45, 2.75) is 38.6 Å². The maximum absolute atomic E-state index is 12.6. The number of fused-ring (bicyclic) bond motifs is 1. The fraction of sp³-hybridized carbons (Fsp3) is 0.304. The van der Waals surface area contributed by atoms with Gasteiger partial charge in [-0.25, -0.2) is 0 Å². The molecule has 27 heavy (non-hydrogen) atoms. The van der Waals surface area contributed by atoms with Crippen molar-refractivity contribution < 1.29 is 4.79 Å². The predicted octanol–water partition coefficient (Wildman–Crippen LogP) is 4.29. The maximum Gasteiger partial charge on any atom is 0.263 e. The van der Waals surface area contributed by atoms with Crippen molar-refractivity contribution in [1.82, 2.24) is 5.32 Å². The van der Waals surface area contributed by atoms with Crippen molar-refractivity contribution in [2.24, 2.45) is 0 Å². The van der Waals surface area contributed by atoms with Crippen LogP contribution in [0.4, 0.5) is 5.69 Å². The molecular formula is C23H25N3O. The number of hydrogen-bond acceptors (Lipinski definition) is 3. The van der Waals surface area contributed by atoms with Gasteiger partial charge in [0.1, 0.15) is 11.6 Å². The molecule has 1 aliphatic rings. The van der Waals surface area contributed by atoms with E-state index < -0.39 is 0 Å². The molecule has 0 heterocycles. The second kappa shape index (κ2) is 8.55. The van der Waals surface area contributed by atoms with E-state index in [1.807, 2.05) is 50.4 Å². The van der Waals surface area contributed by atoms with Gasteiger partial charge in [0.25, 0.3) is 5.91 Å². The normalized spacial score (nSPS) is 14.6. The summed E-state index contributed by atoms with van der Waals surface area (Å²) >= 11 is 0. The smallest absolute Gasteiger partial charge is 0.263 e. The van der Waals surface area contributed by atoms with Crippen LogP contribution < -0.4 is 10.2 Å². The molecule has 0 fully saturated rings. The van der Waals surface area contributed by atoms with Gasteiger partial charge in [0.05, 0.1) is 6.04 Å². The number of benzene rings is 2. The molecule has 1 N–H and O–H groups in total. The molecule has 2 aromatic rings. The van der Waals surface area contributed by atoms with Gasteiger partial charge in [-0.15, -0.1) is 0 Å². The lowest BCUT2D eigenvalue weighted by molar-refractivity contribution is -0.117. The van der Waals surface area contributed by atoms with E-state index in [2.05, 4.69) is 23.5 Å². The van der Waals surface area contributed by atoms with Gasteiger partial charge in [0.2, 0.25) is 0 Å². The van der Waals surface area contributed by atoms with E-state index in [1.165, 1.54) is 24.0 Å². The van der Waals surface area contributed by atoms with Crippen LogP contribution in [0.15, 0.2) is 60.3 Å². The highest BCUT2D eigenvalue weighted by Gasteiger charge is 2.17. The van der Waals surface area contributed by atoms with Crippen LogP contribution in [-0.4, -0.2) is 13.0 Å². The van der Waals surface area contributed by atoms with Gasteiger partial charge in [0, 0.05) is 18.9 Å². The summed E-state index contributed by atoms with van der Waals surface area (Å²) < 4.78 is 0. The Bertz CT molecular complexity index is 880. The van der Waals surface area contributed by atoms with Crippen molar-refractivity contribution in [3.8, 4) is 6.07 Å². The average Bonchev–Trinajstić information content (AvgIpc) is 2.71. The lowest BCUT2D eigenvalue weighted by Crippen LogP contribution is -2.29. The molecule has 0 spiro atoms. The van der Waals surface area contributed by atoms with E-state index in [1.54, 1.807) is 11.1 Å². The Labute approximate surface area is 161 Å². The van der Waals surface area contributed by atoms with Crippen LogP contribution in [0.1, 0.15) is 42.5 Å². The number of carbonyl (C=O) groups is 1. The lowest BCUT2D eigenvalue weighted by Gasteiger charge is -2.20. The highest BCUT2D eigenvalue weighted by atomic mass is 16.1. The number of amides is 1. The molecule has 0 radical (unpaired) electrons. The second-order valence-corrected chi connectivity index (χ2v) is 7.03. The Balaban J connectivity index is 1.71. The van der Waals surface area contributed by atoms with Crippen molar-refractivity contribution >= 4 is 11.6 Å². The topological polar surface area (TPSA) is 56.1 Å². The first-order valence-corrected chi connectivity index (χ1v) is 9.41. The van der Waals surface area contributed by atoms with E-state index in [-0.39, 0.29) is 17.5 Å². The van der Waals surface area contributed by atoms with Crippen LogP contribution in [0.25, 0.3) is 0 Å². The van der Waals surface area contributed by atoms with Crippen molar-refractivity contribution in [2.75, 3.05) is 11.9 Å². The van der Waals surface area contributed by atoms with E-state index in [4.69, 9.17) is 0 Å². The van der Waals surface area contributed by atoms with Crippen molar-refractivity contribution in [1.29, 1.82) is 5.26 Å². The summed E-state index contributed by atoms with van der Waals surface area (Å²) in [7, 11) is 1.83. The number of nitriles is 1. The summed E-state index contributed by atoms with van der Waals surface area (Å²) in [4.78, 5) is 14.4. The summed E-state index contributed by atoms with van der Waals surface area (Å²) in [5.74, 6) is -0.356. The molecule has 138 valence electrons. The van der Waals surface area contributed by atoms with Crippen molar-refractivity contribution in [3.05, 3.63) is 77.0 Å². The molecular weight excluding hydrogens is 334 g/mol. The fourth-order valence-electron chi connectivity index (χ4n) is 3.45. The number of rotatable bonds is 5. The maximum atomic E-state index is 12.6. The summed E-state index contributed by atoms with van der Waals surface area (Å²) in [6.45, 7) is 1.96. The van der Waals surface area contributed by atoms with Gasteiger partial charge in [-0.2, -0.15) is 5.26 Å². The van der Waals surface area contributed by atoms with E-state index in [0.717, 1.165) is 24.1 Å². The Morgan fingerprint density at radius 1 is 1.15 bits per heavy atom. The minimum Gasteiger partial charge on any atom is -0.350 e. The zero-order valence-corrected chi connectivity index (χ0v) is 15.9. The van der Waals surface area contributed by atoms with Gasteiger partial charge in [-0.05, 0) is 61.4 Å². The minimum atomic E-state index is -0.356. The quantitative estimate of drug-likeness (QED) is 0.640. The number of para-hydroxylation sites is 1. The number of anilines is 1. The summed E-state index contributed by atoms with van der Waals surface area (Å²) in [5.41, 5.74) is 4.90. The van der Waals surface area contributed by atoms with Crippen LogP contribution in [0, 0.1) is 11.3 Å². The van der Waals surface area contributed by atoms with Gasteiger partial charge in [0.15, 0.2) is 0 Å². The van der Waals surface area contributed by atoms with E-state index in [9.17, 15) is 10.1 Å². The molecule has 1 amide bonds. The number of nitrogens with zero attached hydrogens (tertiary/aromatic N) is 2. The van der Waals surface area contributed by atoms with Gasteiger partial charge >= 0.3 is 0 Å². The monoisotopic (exact) mass is 359 g/mol. The molecule has 0 saturated heterocycles. The molecule has 0 bridgehead atoms. The third kappa shape index (κ3) is 4.57. The summed E-state index contributed by atoms with van der Waals surface area (Å²) in [6, 6.07) is 18.0. The van der Waals surface area contributed by atoms with Crippen LogP contribution in [0.5, 0.6) is 0 Å². The van der Waals surface area contributed by atoms with Crippen LogP contribution >= 0.6 is 0 Å². The average molecular weight is 359 g/mol. The predicted molar refractivity (Wildman–Crippen MR) is 108 cm³/mol. The third-order valence-electron chi connectivity index (χ3n) is 5.07. The molecule has 3 rings (SSSR count). The summed E-state index contributed by atoms with van der Waals surface area (Å²) in [6.07, 6.45) is 6.30. The number of nitrogens with one attached hydrogen (secondary N) is 1. The standard InChI is InChI=1S/C23H25N3O/c1-17(19-13-12-18-8-6-7-9-20(18)14-19)25-23(27)21(15-24)16-26(2)22-10-4-3-5-11-22/h3-5,10-14,16-17H,6-9H2,1-2H3,(H,25,27)/b21-16-. The Kier molecular flexibility index (Phi) is 5.93. The minimum absolute atomic E-state index is 0.0890. The molecule has 4 heteroatoms. The summed E-state index contributed by atoms with van der Waals surface area (Å²) in [5, 5.41) is 12.4. The SMILES string of the molecule is CC(NC(=O)/C(C#N)=C\N(C)c1ccccc1)c1ccc2c(c1)CCCC2. The molecule has 2 aromatic carbocycles. The third-order valence-corrected chi connectivity index (χ3v) is 5.07. The zero-order chi connectivity index (χ0) is 19.2. The van der Waals surface area contributed by atoms with Crippen molar-refractivity contribution in [3.63, 3.8) is 0 Å². The number of hydrogen-bond donors (Lipinski definition) is 1.